The van der Waals surface area contributed by atoms with Crippen LogP contribution in [0, 0.1) is 5.82 Å². The molecule has 0 bridgehead atoms. The zero-order chi connectivity index (χ0) is 18.4. The third-order valence-electron chi connectivity index (χ3n) is 5.21. The summed E-state index contributed by atoms with van der Waals surface area (Å²) in [6.07, 6.45) is 6.94. The van der Waals surface area contributed by atoms with Crippen molar-refractivity contribution in [3.05, 3.63) is 66.0 Å². The number of amides is 2. The van der Waals surface area contributed by atoms with E-state index in [1.165, 1.54) is 37.8 Å². The van der Waals surface area contributed by atoms with E-state index in [0.29, 0.717) is 12.2 Å². The monoisotopic (exact) mass is 354 g/mol. The molecule has 3 rings (SSSR count). The smallest absolute Gasteiger partial charge is 0.317 e. The van der Waals surface area contributed by atoms with E-state index in [4.69, 9.17) is 0 Å². The van der Waals surface area contributed by atoms with E-state index < -0.39 is 0 Å². The SMILES string of the molecule is CN(C(=O)N(Cc1ccccc1)C1CCCCCC1)c1ccc(F)cc1. The van der Waals surface area contributed by atoms with Crippen LogP contribution in [0.15, 0.2) is 54.6 Å². The number of hydrogen-bond acceptors (Lipinski definition) is 1. The minimum absolute atomic E-state index is 0.0210. The molecule has 0 atom stereocenters. The summed E-state index contributed by atoms with van der Waals surface area (Å²) in [5.74, 6) is -0.292. The maximum absolute atomic E-state index is 13.3. The van der Waals surface area contributed by atoms with E-state index >= 15 is 0 Å². The number of anilines is 1. The Labute approximate surface area is 155 Å². The highest BCUT2D eigenvalue weighted by Crippen LogP contribution is 2.26. The number of benzene rings is 2. The zero-order valence-corrected chi connectivity index (χ0v) is 15.4. The third kappa shape index (κ3) is 4.63. The van der Waals surface area contributed by atoms with Gasteiger partial charge in [-0.15, -0.1) is 0 Å². The van der Waals surface area contributed by atoms with Crippen molar-refractivity contribution in [3.8, 4) is 0 Å². The molecule has 0 heterocycles. The summed E-state index contributed by atoms with van der Waals surface area (Å²) in [6, 6.07) is 16.5. The number of rotatable bonds is 4. The molecular weight excluding hydrogens is 327 g/mol. The Kier molecular flexibility index (Phi) is 6.26. The Morgan fingerprint density at radius 3 is 2.19 bits per heavy atom. The summed E-state index contributed by atoms with van der Waals surface area (Å²) in [4.78, 5) is 16.9. The molecule has 0 radical (unpaired) electrons. The lowest BCUT2D eigenvalue weighted by Gasteiger charge is -2.34. The van der Waals surface area contributed by atoms with Crippen LogP contribution >= 0.6 is 0 Å². The van der Waals surface area contributed by atoms with Crippen LogP contribution in [0.5, 0.6) is 0 Å². The fourth-order valence-corrected chi connectivity index (χ4v) is 3.67. The second-order valence-electron chi connectivity index (χ2n) is 7.08. The van der Waals surface area contributed by atoms with E-state index in [0.717, 1.165) is 18.4 Å². The second-order valence-corrected chi connectivity index (χ2v) is 7.08. The number of hydrogen-bond donors (Lipinski definition) is 0. The number of carbonyl (C=O) groups excluding carboxylic acids is 1. The number of carbonyl (C=O) groups is 1. The van der Waals surface area contributed by atoms with Crippen molar-refractivity contribution in [1.29, 1.82) is 0 Å². The minimum Gasteiger partial charge on any atom is -0.317 e. The Morgan fingerprint density at radius 2 is 1.58 bits per heavy atom. The van der Waals surface area contributed by atoms with Gasteiger partial charge in [-0.2, -0.15) is 0 Å². The van der Waals surface area contributed by atoms with Crippen LogP contribution in [0.3, 0.4) is 0 Å². The molecule has 1 aliphatic rings. The normalized spacial score (nSPS) is 15.3. The van der Waals surface area contributed by atoms with E-state index in [1.54, 1.807) is 24.1 Å². The molecular formula is C22H27FN2O. The Morgan fingerprint density at radius 1 is 0.962 bits per heavy atom. The van der Waals surface area contributed by atoms with Crippen LogP contribution in [0.25, 0.3) is 0 Å². The van der Waals surface area contributed by atoms with Crippen LogP contribution in [0.2, 0.25) is 0 Å². The quantitative estimate of drug-likeness (QED) is 0.655. The molecule has 2 aromatic carbocycles. The summed E-state index contributed by atoms with van der Waals surface area (Å²) < 4.78 is 13.2. The van der Waals surface area contributed by atoms with Gasteiger partial charge in [-0.3, -0.25) is 4.90 Å². The number of urea groups is 1. The first-order valence-corrected chi connectivity index (χ1v) is 9.49. The largest absolute Gasteiger partial charge is 0.324 e. The minimum atomic E-state index is -0.292. The molecule has 1 aliphatic carbocycles. The molecule has 4 heteroatoms. The second kappa shape index (κ2) is 8.84. The van der Waals surface area contributed by atoms with Crippen molar-refractivity contribution in [3.63, 3.8) is 0 Å². The van der Waals surface area contributed by atoms with Crippen LogP contribution in [-0.2, 0) is 6.54 Å². The average molecular weight is 354 g/mol. The Bertz CT molecular complexity index is 694. The van der Waals surface area contributed by atoms with Crippen LogP contribution in [0.4, 0.5) is 14.9 Å². The number of halogens is 1. The van der Waals surface area contributed by atoms with Crippen LogP contribution in [-0.4, -0.2) is 24.0 Å². The van der Waals surface area contributed by atoms with Gasteiger partial charge in [0.2, 0.25) is 0 Å². The highest BCUT2D eigenvalue weighted by molar-refractivity contribution is 5.91. The number of nitrogens with zero attached hydrogens (tertiary/aromatic N) is 2. The first kappa shape index (κ1) is 18.4. The fraction of sp³-hybridized carbons (Fsp3) is 0.409. The fourth-order valence-electron chi connectivity index (χ4n) is 3.67. The Balaban J connectivity index is 1.82. The lowest BCUT2D eigenvalue weighted by atomic mass is 10.1. The van der Waals surface area contributed by atoms with Crippen molar-refractivity contribution >= 4 is 11.7 Å². The van der Waals surface area contributed by atoms with Gasteiger partial charge in [-0.1, -0.05) is 56.0 Å². The van der Waals surface area contributed by atoms with Crippen molar-refractivity contribution in [1.82, 2.24) is 4.90 Å². The lowest BCUT2D eigenvalue weighted by Crippen LogP contribution is -2.46. The molecule has 0 spiro atoms. The van der Waals surface area contributed by atoms with Crippen molar-refractivity contribution in [2.45, 2.75) is 51.1 Å². The predicted molar refractivity (Wildman–Crippen MR) is 104 cm³/mol. The van der Waals surface area contributed by atoms with Gasteiger partial charge in [0, 0.05) is 25.3 Å². The molecule has 1 saturated carbocycles. The summed E-state index contributed by atoms with van der Waals surface area (Å²) >= 11 is 0. The topological polar surface area (TPSA) is 23.6 Å². The molecule has 0 N–H and O–H groups in total. The molecule has 0 aromatic heterocycles. The van der Waals surface area contributed by atoms with Gasteiger partial charge < -0.3 is 4.90 Å². The lowest BCUT2D eigenvalue weighted by molar-refractivity contribution is 0.170. The molecule has 3 nitrogen and oxygen atoms in total. The van der Waals surface area contributed by atoms with Crippen LogP contribution in [0.1, 0.15) is 44.1 Å². The van der Waals surface area contributed by atoms with Gasteiger partial charge in [0.25, 0.3) is 0 Å². The summed E-state index contributed by atoms with van der Waals surface area (Å²) in [5.41, 5.74) is 1.85. The summed E-state index contributed by atoms with van der Waals surface area (Å²) in [6.45, 7) is 0.607. The van der Waals surface area contributed by atoms with Gasteiger partial charge in [0.05, 0.1) is 0 Å². The highest BCUT2D eigenvalue weighted by atomic mass is 19.1. The standard InChI is InChI=1S/C22H27FN2O/c1-24(20-15-13-19(23)14-16-20)22(26)25(17-18-9-5-4-6-10-18)21-11-7-2-3-8-12-21/h4-6,9-10,13-16,21H,2-3,7-8,11-12,17H2,1H3. The maximum Gasteiger partial charge on any atom is 0.324 e. The van der Waals surface area contributed by atoms with Gasteiger partial charge in [-0.25, -0.2) is 9.18 Å². The van der Waals surface area contributed by atoms with E-state index in [-0.39, 0.29) is 17.9 Å². The molecule has 1 fully saturated rings. The molecule has 0 aliphatic heterocycles. The van der Waals surface area contributed by atoms with Gasteiger partial charge >= 0.3 is 6.03 Å². The Hall–Kier alpha value is -2.36. The molecule has 26 heavy (non-hydrogen) atoms. The maximum atomic E-state index is 13.3. The first-order chi connectivity index (χ1) is 12.6. The van der Waals surface area contributed by atoms with E-state index in [2.05, 4.69) is 12.1 Å². The molecule has 2 amide bonds. The van der Waals surface area contributed by atoms with Gasteiger partial charge in [0.1, 0.15) is 5.82 Å². The summed E-state index contributed by atoms with van der Waals surface area (Å²) in [5, 5.41) is 0. The van der Waals surface area contributed by atoms with Crippen molar-refractivity contribution in [2.75, 3.05) is 11.9 Å². The first-order valence-electron chi connectivity index (χ1n) is 9.49. The average Bonchev–Trinajstić information content (AvgIpc) is 2.96. The predicted octanol–water partition coefficient (Wildman–Crippen LogP) is 5.61. The third-order valence-corrected chi connectivity index (χ3v) is 5.21. The molecule has 2 aromatic rings. The van der Waals surface area contributed by atoms with Crippen molar-refractivity contribution in [2.24, 2.45) is 0 Å². The zero-order valence-electron chi connectivity index (χ0n) is 15.4. The molecule has 0 unspecified atom stereocenters. The van der Waals surface area contributed by atoms with E-state index in [9.17, 15) is 9.18 Å². The van der Waals surface area contributed by atoms with Gasteiger partial charge in [0.15, 0.2) is 0 Å². The van der Waals surface area contributed by atoms with Gasteiger partial charge in [-0.05, 0) is 42.7 Å². The summed E-state index contributed by atoms with van der Waals surface area (Å²) in [7, 11) is 1.77. The molecule has 0 saturated heterocycles. The highest BCUT2D eigenvalue weighted by Gasteiger charge is 2.27. The van der Waals surface area contributed by atoms with Crippen LogP contribution < -0.4 is 4.90 Å². The van der Waals surface area contributed by atoms with E-state index in [1.807, 2.05) is 23.1 Å². The van der Waals surface area contributed by atoms with Crippen molar-refractivity contribution < 1.29 is 9.18 Å². The molecule has 138 valence electrons.